The van der Waals surface area contributed by atoms with Gasteiger partial charge in [0, 0.05) is 24.1 Å². The van der Waals surface area contributed by atoms with E-state index in [0.29, 0.717) is 23.4 Å². The summed E-state index contributed by atoms with van der Waals surface area (Å²) in [6.07, 6.45) is 0.670. The van der Waals surface area contributed by atoms with Gasteiger partial charge in [-0.05, 0) is 18.4 Å². The van der Waals surface area contributed by atoms with Crippen molar-refractivity contribution in [3.8, 4) is 0 Å². The molecule has 4 rings (SSSR count). The third-order valence-corrected chi connectivity index (χ3v) is 5.46. The van der Waals surface area contributed by atoms with Crippen LogP contribution in [-0.2, 0) is 29.3 Å². The van der Waals surface area contributed by atoms with Gasteiger partial charge >= 0.3 is 11.9 Å². The fourth-order valence-corrected chi connectivity index (χ4v) is 4.46. The summed E-state index contributed by atoms with van der Waals surface area (Å²) in [4.78, 5) is 39.5. The van der Waals surface area contributed by atoms with E-state index in [2.05, 4.69) is 5.32 Å². The highest BCUT2D eigenvalue weighted by Gasteiger charge is 2.63. The summed E-state index contributed by atoms with van der Waals surface area (Å²) in [5, 5.41) is 2.96. The molecule has 1 aromatic carbocycles. The lowest BCUT2D eigenvalue weighted by molar-refractivity contribution is -0.146. The first kappa shape index (κ1) is 18.3. The number of carbonyl (C=O) groups is 3. The summed E-state index contributed by atoms with van der Waals surface area (Å²) < 4.78 is 10.8. The van der Waals surface area contributed by atoms with E-state index in [1.165, 1.54) is 0 Å². The lowest BCUT2D eigenvalue weighted by Gasteiger charge is -2.38. The number of nitrogens with two attached hydrogens (primary N) is 1. The Morgan fingerprint density at radius 3 is 2.68 bits per heavy atom. The Balaban J connectivity index is 2.06. The number of allylic oxidation sites excluding steroid dienone is 1. The molecule has 28 heavy (non-hydrogen) atoms. The molecule has 0 amide bonds. The van der Waals surface area contributed by atoms with Crippen molar-refractivity contribution in [3.05, 3.63) is 52.6 Å². The van der Waals surface area contributed by atoms with Crippen LogP contribution in [0.5, 0.6) is 0 Å². The van der Waals surface area contributed by atoms with Gasteiger partial charge in [0.05, 0.1) is 12.2 Å². The van der Waals surface area contributed by atoms with Crippen molar-refractivity contribution >= 4 is 23.4 Å². The zero-order valence-corrected chi connectivity index (χ0v) is 16.0. The first-order valence-corrected chi connectivity index (χ1v) is 9.25. The van der Waals surface area contributed by atoms with Crippen molar-refractivity contribution < 1.29 is 23.9 Å². The Morgan fingerprint density at radius 2 is 1.96 bits per heavy atom. The van der Waals surface area contributed by atoms with E-state index in [1.807, 2.05) is 13.8 Å². The summed E-state index contributed by atoms with van der Waals surface area (Å²) in [7, 11) is 0. The molecule has 0 radical (unpaired) electrons. The average molecular weight is 382 g/mol. The number of fused-ring (bicyclic) bond motifs is 3. The Kier molecular flexibility index (Phi) is 3.89. The van der Waals surface area contributed by atoms with Gasteiger partial charge in [-0.15, -0.1) is 0 Å². The van der Waals surface area contributed by atoms with Crippen LogP contribution < -0.4 is 11.1 Å². The summed E-state index contributed by atoms with van der Waals surface area (Å²) in [6.45, 7) is 5.66. The van der Waals surface area contributed by atoms with E-state index in [4.69, 9.17) is 15.2 Å². The van der Waals surface area contributed by atoms with Crippen LogP contribution in [0, 0.1) is 5.41 Å². The smallest absolute Gasteiger partial charge is 0.339 e. The van der Waals surface area contributed by atoms with E-state index < -0.39 is 17.4 Å². The van der Waals surface area contributed by atoms with Crippen LogP contribution in [0.4, 0.5) is 5.69 Å². The van der Waals surface area contributed by atoms with Crippen molar-refractivity contribution in [1.82, 2.24) is 0 Å². The molecule has 0 saturated heterocycles. The SMILES string of the molecule is CCOC(=O)C1=C(N)Nc2ccccc2C12C(=O)OC1=C2C(=O)CC(C)(C)C1. The Hall–Kier alpha value is -3.09. The summed E-state index contributed by atoms with van der Waals surface area (Å²) in [6, 6.07) is 6.98. The number of benzene rings is 1. The van der Waals surface area contributed by atoms with Crippen molar-refractivity contribution in [2.45, 2.75) is 39.0 Å². The van der Waals surface area contributed by atoms with Gasteiger partial charge in [0.1, 0.15) is 17.2 Å². The van der Waals surface area contributed by atoms with Crippen LogP contribution in [0.1, 0.15) is 39.2 Å². The first-order chi connectivity index (χ1) is 13.2. The van der Waals surface area contributed by atoms with Gasteiger partial charge < -0.3 is 20.5 Å². The quantitative estimate of drug-likeness (QED) is 0.756. The summed E-state index contributed by atoms with van der Waals surface area (Å²) in [5.74, 6) is -1.35. The zero-order valence-electron chi connectivity index (χ0n) is 16.0. The molecule has 1 atom stereocenters. The van der Waals surface area contributed by atoms with Crippen LogP contribution in [0.25, 0.3) is 0 Å². The number of anilines is 1. The van der Waals surface area contributed by atoms with Crippen molar-refractivity contribution in [2.24, 2.45) is 11.1 Å². The van der Waals surface area contributed by atoms with E-state index in [1.54, 1.807) is 31.2 Å². The number of hydrogen-bond acceptors (Lipinski definition) is 7. The van der Waals surface area contributed by atoms with Gasteiger partial charge in [-0.25, -0.2) is 9.59 Å². The highest BCUT2D eigenvalue weighted by atomic mass is 16.5. The molecule has 1 spiro atoms. The molecule has 2 heterocycles. The highest BCUT2D eigenvalue weighted by molar-refractivity contribution is 6.18. The number of nitrogens with one attached hydrogen (secondary N) is 1. The predicted molar refractivity (Wildman–Crippen MR) is 101 cm³/mol. The number of Topliss-reactive ketones (excluding diaryl/α,β-unsaturated/α-hetero) is 1. The molecule has 1 aliphatic carbocycles. The van der Waals surface area contributed by atoms with Gasteiger partial charge in [0.15, 0.2) is 11.2 Å². The lowest BCUT2D eigenvalue weighted by Crippen LogP contribution is -2.48. The van der Waals surface area contributed by atoms with Gasteiger partial charge in [0.25, 0.3) is 0 Å². The van der Waals surface area contributed by atoms with Gasteiger partial charge in [0.2, 0.25) is 0 Å². The maximum absolute atomic E-state index is 13.4. The van der Waals surface area contributed by atoms with Gasteiger partial charge in [-0.2, -0.15) is 0 Å². The second kappa shape index (κ2) is 5.95. The van der Waals surface area contributed by atoms with Gasteiger partial charge in [-0.3, -0.25) is 4.79 Å². The van der Waals surface area contributed by atoms with Crippen molar-refractivity contribution in [3.63, 3.8) is 0 Å². The van der Waals surface area contributed by atoms with Crippen LogP contribution in [-0.4, -0.2) is 24.3 Å². The van der Waals surface area contributed by atoms with Crippen LogP contribution >= 0.6 is 0 Å². The van der Waals surface area contributed by atoms with E-state index in [9.17, 15) is 14.4 Å². The second-order valence-electron chi connectivity index (χ2n) is 8.06. The van der Waals surface area contributed by atoms with E-state index in [0.717, 1.165) is 0 Å². The Bertz CT molecular complexity index is 988. The highest BCUT2D eigenvalue weighted by Crippen LogP contribution is 2.56. The van der Waals surface area contributed by atoms with Crippen molar-refractivity contribution in [2.75, 3.05) is 11.9 Å². The molecule has 7 nitrogen and oxygen atoms in total. The zero-order chi connectivity index (χ0) is 20.3. The molecule has 7 heteroatoms. The monoisotopic (exact) mass is 382 g/mol. The number of carbonyl (C=O) groups excluding carboxylic acids is 3. The average Bonchev–Trinajstić information content (AvgIpc) is 2.86. The molecule has 146 valence electrons. The van der Waals surface area contributed by atoms with Crippen LogP contribution in [0.2, 0.25) is 0 Å². The molecule has 1 aromatic rings. The lowest BCUT2D eigenvalue weighted by atomic mass is 9.62. The fraction of sp³-hybridized carbons (Fsp3) is 0.381. The topological polar surface area (TPSA) is 108 Å². The minimum Gasteiger partial charge on any atom is -0.462 e. The van der Waals surface area contributed by atoms with Gasteiger partial charge in [-0.1, -0.05) is 32.0 Å². The normalized spacial score (nSPS) is 25.2. The first-order valence-electron chi connectivity index (χ1n) is 9.25. The number of rotatable bonds is 2. The number of hydrogen-bond donors (Lipinski definition) is 2. The molecule has 0 bridgehead atoms. The number of para-hydroxylation sites is 1. The van der Waals surface area contributed by atoms with Crippen LogP contribution in [0.15, 0.2) is 47.0 Å². The van der Waals surface area contributed by atoms with E-state index >= 15 is 0 Å². The Labute approximate surface area is 162 Å². The molecule has 2 aliphatic heterocycles. The fourth-order valence-electron chi connectivity index (χ4n) is 4.46. The Morgan fingerprint density at radius 1 is 1.25 bits per heavy atom. The molecule has 3 aliphatic rings. The molecule has 1 unspecified atom stereocenters. The number of ketones is 1. The number of ether oxygens (including phenoxy) is 2. The molecule has 0 fully saturated rings. The molecule has 0 aromatic heterocycles. The minimum atomic E-state index is -1.71. The summed E-state index contributed by atoms with van der Waals surface area (Å²) >= 11 is 0. The summed E-state index contributed by atoms with van der Waals surface area (Å²) in [5.41, 5.74) is 5.28. The van der Waals surface area contributed by atoms with Crippen molar-refractivity contribution in [1.29, 1.82) is 0 Å². The maximum Gasteiger partial charge on any atom is 0.339 e. The predicted octanol–water partition coefficient (Wildman–Crippen LogP) is 2.28. The molecule has 0 saturated carbocycles. The largest absolute Gasteiger partial charge is 0.462 e. The third kappa shape index (κ3) is 2.32. The minimum absolute atomic E-state index is 0.0134. The number of esters is 2. The molecular formula is C21H22N2O5. The maximum atomic E-state index is 13.4. The standard InChI is InChI=1S/C21H22N2O5/c1-4-27-18(25)16-17(22)23-12-8-6-5-7-11(12)21(16)15-13(24)9-20(2,3)10-14(15)28-19(21)26/h5-8,23H,4,9-10,22H2,1-3H3. The third-order valence-electron chi connectivity index (χ3n) is 5.46. The molecule has 3 N–H and O–H groups in total. The molecular weight excluding hydrogens is 360 g/mol. The van der Waals surface area contributed by atoms with E-state index in [-0.39, 0.29) is 41.2 Å². The van der Waals surface area contributed by atoms with Crippen LogP contribution in [0.3, 0.4) is 0 Å². The second-order valence-corrected chi connectivity index (χ2v) is 8.06.